The molecular formula is C17H15BrN2O4. The van der Waals surface area contributed by atoms with Crippen molar-refractivity contribution in [3.63, 3.8) is 0 Å². The Bertz CT molecular complexity index is 759. The van der Waals surface area contributed by atoms with E-state index >= 15 is 0 Å². The highest BCUT2D eigenvalue weighted by atomic mass is 79.9. The topological polar surface area (TPSA) is 84.5 Å². The molecule has 0 spiro atoms. The van der Waals surface area contributed by atoms with E-state index in [1.807, 2.05) is 0 Å². The summed E-state index contributed by atoms with van der Waals surface area (Å²) in [5, 5.41) is 5.09. The van der Waals surface area contributed by atoms with Gasteiger partial charge < -0.3 is 15.4 Å². The number of hydrogen-bond acceptors (Lipinski definition) is 4. The summed E-state index contributed by atoms with van der Waals surface area (Å²) in [5.74, 6) is -1.26. The van der Waals surface area contributed by atoms with Crippen LogP contribution in [0.25, 0.3) is 0 Å². The van der Waals surface area contributed by atoms with Gasteiger partial charge in [-0.05, 0) is 42.5 Å². The van der Waals surface area contributed by atoms with Crippen molar-refractivity contribution in [2.24, 2.45) is 0 Å². The molecule has 0 saturated carbocycles. The molecule has 2 N–H and O–H groups in total. The Balaban J connectivity index is 1.87. The Kier molecular flexibility index (Phi) is 6.08. The number of carbonyl (C=O) groups is 3. The van der Waals surface area contributed by atoms with Crippen molar-refractivity contribution < 1.29 is 19.1 Å². The van der Waals surface area contributed by atoms with Gasteiger partial charge in [0.15, 0.2) is 6.61 Å². The van der Waals surface area contributed by atoms with Crippen molar-refractivity contribution in [3.05, 3.63) is 64.1 Å². The van der Waals surface area contributed by atoms with E-state index in [-0.39, 0.29) is 5.91 Å². The zero-order valence-electron chi connectivity index (χ0n) is 12.8. The Labute approximate surface area is 147 Å². The van der Waals surface area contributed by atoms with Crippen LogP contribution in [0.5, 0.6) is 0 Å². The molecular weight excluding hydrogens is 376 g/mol. The lowest BCUT2D eigenvalue weighted by atomic mass is 10.2. The smallest absolute Gasteiger partial charge is 0.338 e. The van der Waals surface area contributed by atoms with Crippen LogP contribution >= 0.6 is 15.9 Å². The number of ether oxygens (including phenoxy) is 1. The molecule has 7 heteroatoms. The van der Waals surface area contributed by atoms with Gasteiger partial charge in [-0.3, -0.25) is 9.59 Å². The summed E-state index contributed by atoms with van der Waals surface area (Å²) in [6.07, 6.45) is 0. The molecule has 24 heavy (non-hydrogen) atoms. The molecule has 2 rings (SSSR count). The fourth-order valence-electron chi connectivity index (χ4n) is 1.88. The van der Waals surface area contributed by atoms with Gasteiger partial charge >= 0.3 is 5.97 Å². The number of esters is 1. The molecule has 0 aliphatic rings. The molecule has 0 aromatic heterocycles. The number of hydrogen-bond donors (Lipinski definition) is 2. The van der Waals surface area contributed by atoms with Gasteiger partial charge in [-0.2, -0.15) is 0 Å². The minimum Gasteiger partial charge on any atom is -0.452 e. The van der Waals surface area contributed by atoms with Crippen LogP contribution in [0.2, 0.25) is 0 Å². The maximum atomic E-state index is 11.8. The first kappa shape index (κ1) is 17.7. The Morgan fingerprint density at radius 2 is 1.75 bits per heavy atom. The van der Waals surface area contributed by atoms with Crippen LogP contribution in [0.1, 0.15) is 20.7 Å². The molecule has 0 atom stereocenters. The lowest BCUT2D eigenvalue weighted by Crippen LogP contribution is -2.21. The third-order valence-electron chi connectivity index (χ3n) is 3.05. The van der Waals surface area contributed by atoms with Gasteiger partial charge in [0.1, 0.15) is 0 Å². The van der Waals surface area contributed by atoms with Crippen molar-refractivity contribution in [1.29, 1.82) is 0 Å². The van der Waals surface area contributed by atoms with Gasteiger partial charge in [0.25, 0.3) is 11.8 Å². The largest absolute Gasteiger partial charge is 0.452 e. The van der Waals surface area contributed by atoms with Crippen LogP contribution in [0.4, 0.5) is 5.69 Å². The summed E-state index contributed by atoms with van der Waals surface area (Å²) in [4.78, 5) is 35.1. The second kappa shape index (κ2) is 8.26. The minimum atomic E-state index is -0.582. The predicted molar refractivity (Wildman–Crippen MR) is 92.9 cm³/mol. The lowest BCUT2D eigenvalue weighted by molar-refractivity contribution is -0.119. The maximum absolute atomic E-state index is 11.8. The SMILES string of the molecule is CNC(=O)c1ccc(NC(=O)COC(=O)c2cccc(Br)c2)cc1. The quantitative estimate of drug-likeness (QED) is 0.768. The third-order valence-corrected chi connectivity index (χ3v) is 3.55. The number of halogens is 1. The first-order chi connectivity index (χ1) is 11.5. The molecule has 2 amide bonds. The number of amides is 2. The van der Waals surface area contributed by atoms with Gasteiger partial charge in [-0.15, -0.1) is 0 Å². The van der Waals surface area contributed by atoms with Crippen LogP contribution in [0, 0.1) is 0 Å². The van der Waals surface area contributed by atoms with E-state index in [2.05, 4.69) is 26.6 Å². The fraction of sp³-hybridized carbons (Fsp3) is 0.118. The van der Waals surface area contributed by atoms with E-state index in [1.54, 1.807) is 48.5 Å². The Morgan fingerprint density at radius 1 is 1.04 bits per heavy atom. The number of anilines is 1. The standard InChI is InChI=1S/C17H15BrN2O4/c1-19-16(22)11-5-7-14(8-6-11)20-15(21)10-24-17(23)12-3-2-4-13(18)9-12/h2-9H,10H2,1H3,(H,19,22)(H,20,21). The summed E-state index contributed by atoms with van der Waals surface area (Å²) in [5.41, 5.74) is 1.34. The van der Waals surface area contributed by atoms with E-state index in [4.69, 9.17) is 4.74 Å². The number of nitrogens with one attached hydrogen (secondary N) is 2. The molecule has 0 bridgehead atoms. The molecule has 0 saturated heterocycles. The van der Waals surface area contributed by atoms with Crippen molar-refractivity contribution in [2.45, 2.75) is 0 Å². The van der Waals surface area contributed by atoms with Crippen molar-refractivity contribution in [3.8, 4) is 0 Å². The molecule has 2 aromatic rings. The average molecular weight is 391 g/mol. The first-order valence-corrected chi connectivity index (χ1v) is 7.83. The lowest BCUT2D eigenvalue weighted by Gasteiger charge is -2.07. The van der Waals surface area contributed by atoms with Crippen LogP contribution in [0.15, 0.2) is 53.0 Å². The van der Waals surface area contributed by atoms with E-state index in [0.29, 0.717) is 16.8 Å². The molecule has 0 aliphatic heterocycles. The molecule has 0 aliphatic carbocycles. The van der Waals surface area contributed by atoms with Gasteiger partial charge in [-0.25, -0.2) is 4.79 Å². The first-order valence-electron chi connectivity index (χ1n) is 7.04. The van der Waals surface area contributed by atoms with Crippen LogP contribution < -0.4 is 10.6 Å². The van der Waals surface area contributed by atoms with Gasteiger partial charge in [0.2, 0.25) is 0 Å². The molecule has 0 fully saturated rings. The van der Waals surface area contributed by atoms with E-state index < -0.39 is 18.5 Å². The van der Waals surface area contributed by atoms with Crippen LogP contribution in [-0.2, 0) is 9.53 Å². The molecule has 124 valence electrons. The highest BCUT2D eigenvalue weighted by Crippen LogP contribution is 2.13. The normalized spacial score (nSPS) is 9.92. The minimum absolute atomic E-state index is 0.212. The summed E-state index contributed by atoms with van der Waals surface area (Å²) in [6, 6.07) is 13.1. The molecule has 0 heterocycles. The Morgan fingerprint density at radius 3 is 2.38 bits per heavy atom. The van der Waals surface area contributed by atoms with Crippen molar-refractivity contribution in [1.82, 2.24) is 5.32 Å². The van der Waals surface area contributed by atoms with E-state index in [0.717, 1.165) is 4.47 Å². The summed E-state index contributed by atoms with van der Waals surface area (Å²) >= 11 is 3.26. The number of benzene rings is 2. The zero-order chi connectivity index (χ0) is 17.5. The monoisotopic (exact) mass is 390 g/mol. The average Bonchev–Trinajstić information content (AvgIpc) is 2.59. The highest BCUT2D eigenvalue weighted by Gasteiger charge is 2.11. The molecule has 2 aromatic carbocycles. The zero-order valence-corrected chi connectivity index (χ0v) is 14.4. The second-order valence-corrected chi connectivity index (χ2v) is 5.71. The van der Waals surface area contributed by atoms with Gasteiger partial charge in [0.05, 0.1) is 5.56 Å². The number of carbonyl (C=O) groups excluding carboxylic acids is 3. The Hall–Kier alpha value is -2.67. The molecule has 0 unspecified atom stereocenters. The molecule has 6 nitrogen and oxygen atoms in total. The van der Waals surface area contributed by atoms with Gasteiger partial charge in [-0.1, -0.05) is 22.0 Å². The highest BCUT2D eigenvalue weighted by molar-refractivity contribution is 9.10. The van der Waals surface area contributed by atoms with Crippen molar-refractivity contribution in [2.75, 3.05) is 19.0 Å². The summed E-state index contributed by atoms with van der Waals surface area (Å²) in [7, 11) is 1.54. The fourth-order valence-corrected chi connectivity index (χ4v) is 2.28. The van der Waals surface area contributed by atoms with E-state index in [1.165, 1.54) is 7.05 Å². The summed E-state index contributed by atoms with van der Waals surface area (Å²) in [6.45, 7) is -0.400. The second-order valence-electron chi connectivity index (χ2n) is 4.79. The predicted octanol–water partition coefficient (Wildman–Crippen LogP) is 2.60. The van der Waals surface area contributed by atoms with Crippen LogP contribution in [-0.4, -0.2) is 31.4 Å². The van der Waals surface area contributed by atoms with E-state index in [9.17, 15) is 14.4 Å². The van der Waals surface area contributed by atoms with Gasteiger partial charge in [0, 0.05) is 22.8 Å². The van der Waals surface area contributed by atoms with Crippen LogP contribution in [0.3, 0.4) is 0 Å². The van der Waals surface area contributed by atoms with Crippen molar-refractivity contribution >= 4 is 39.4 Å². The summed E-state index contributed by atoms with van der Waals surface area (Å²) < 4.78 is 5.71. The third kappa shape index (κ3) is 4.92. The number of rotatable bonds is 5. The molecule has 0 radical (unpaired) electrons. The maximum Gasteiger partial charge on any atom is 0.338 e.